The van der Waals surface area contributed by atoms with Gasteiger partial charge >= 0.3 is 0 Å². The number of benzene rings is 3. The minimum absolute atomic E-state index is 0.104. The van der Waals surface area contributed by atoms with E-state index in [9.17, 15) is 4.79 Å². The summed E-state index contributed by atoms with van der Waals surface area (Å²) in [6.45, 7) is 6.58. The van der Waals surface area contributed by atoms with Crippen molar-refractivity contribution in [1.82, 2.24) is 14.9 Å². The summed E-state index contributed by atoms with van der Waals surface area (Å²) in [5, 5.41) is 4.52. The van der Waals surface area contributed by atoms with Crippen LogP contribution in [-0.2, 0) is 0 Å². The highest BCUT2D eigenvalue weighted by molar-refractivity contribution is 5.94. The number of piperidine rings is 1. The van der Waals surface area contributed by atoms with Crippen LogP contribution in [0.15, 0.2) is 60.7 Å². The normalized spacial score (nSPS) is 15.6. The zero-order valence-electron chi connectivity index (χ0n) is 21.2. The fourth-order valence-electron chi connectivity index (χ4n) is 5.18. The van der Waals surface area contributed by atoms with Gasteiger partial charge in [0, 0.05) is 35.6 Å². The Kier molecular flexibility index (Phi) is 6.12. The Bertz CT molecular complexity index is 1480. The Morgan fingerprint density at radius 1 is 0.946 bits per heavy atom. The number of hydrogen-bond acceptors (Lipinski definition) is 6. The van der Waals surface area contributed by atoms with Gasteiger partial charge in [0.05, 0.1) is 11.2 Å². The quantitative estimate of drug-likeness (QED) is 0.409. The predicted molar refractivity (Wildman–Crippen MR) is 144 cm³/mol. The highest BCUT2D eigenvalue weighted by atomic mass is 16.6. The highest BCUT2D eigenvalue weighted by Crippen LogP contribution is 2.40. The van der Waals surface area contributed by atoms with Crippen LogP contribution in [0.3, 0.4) is 0 Å². The molecule has 1 fully saturated rings. The molecule has 1 N–H and O–H groups in total. The predicted octanol–water partition coefficient (Wildman–Crippen LogP) is 5.40. The molecular formula is C30H30N4O3. The van der Waals surface area contributed by atoms with Gasteiger partial charge < -0.3 is 19.7 Å². The van der Waals surface area contributed by atoms with Crippen molar-refractivity contribution in [3.63, 3.8) is 0 Å². The standard InChI is InChI=1S/C30H30N4O3/c1-19-5-3-6-22(17-19)29(35)34-13-11-23(12-14-34)32-30-31-20(2)25-18-21(9-10-26(25)33-30)24-7-4-8-27-28(24)37-16-15-36-27/h3-10,17-18,23H,11-16H2,1-2H3,(H,31,32,33). The summed E-state index contributed by atoms with van der Waals surface area (Å²) in [5.74, 6) is 2.31. The summed E-state index contributed by atoms with van der Waals surface area (Å²) in [7, 11) is 0. The van der Waals surface area contributed by atoms with Crippen molar-refractivity contribution in [2.45, 2.75) is 32.7 Å². The molecule has 0 unspecified atom stereocenters. The zero-order chi connectivity index (χ0) is 25.4. The number of ether oxygens (including phenoxy) is 2. The number of carbonyl (C=O) groups is 1. The van der Waals surface area contributed by atoms with Crippen LogP contribution in [0.4, 0.5) is 5.95 Å². The first kappa shape index (κ1) is 23.3. The molecule has 1 amide bonds. The Morgan fingerprint density at radius 2 is 1.76 bits per heavy atom. The van der Waals surface area contributed by atoms with E-state index in [-0.39, 0.29) is 11.9 Å². The van der Waals surface area contributed by atoms with Crippen LogP contribution >= 0.6 is 0 Å². The van der Waals surface area contributed by atoms with Gasteiger partial charge in [-0.1, -0.05) is 35.9 Å². The molecule has 3 aromatic carbocycles. The first-order valence-corrected chi connectivity index (χ1v) is 12.8. The smallest absolute Gasteiger partial charge is 0.253 e. The van der Waals surface area contributed by atoms with E-state index in [2.05, 4.69) is 23.5 Å². The lowest BCUT2D eigenvalue weighted by atomic mass is 10.0. The number of fused-ring (bicyclic) bond motifs is 2. The fourth-order valence-corrected chi connectivity index (χ4v) is 5.18. The fraction of sp³-hybridized carbons (Fsp3) is 0.300. The van der Waals surface area contributed by atoms with Crippen LogP contribution < -0.4 is 14.8 Å². The van der Waals surface area contributed by atoms with Crippen molar-refractivity contribution in [3.8, 4) is 22.6 Å². The van der Waals surface area contributed by atoms with Gasteiger partial charge in [-0.15, -0.1) is 0 Å². The summed E-state index contributed by atoms with van der Waals surface area (Å²) in [5.41, 5.74) is 5.73. The van der Waals surface area contributed by atoms with Crippen molar-refractivity contribution in [3.05, 3.63) is 77.5 Å². The second-order valence-corrected chi connectivity index (χ2v) is 9.77. The summed E-state index contributed by atoms with van der Waals surface area (Å²) in [4.78, 5) is 24.4. The second kappa shape index (κ2) is 9.73. The molecular weight excluding hydrogens is 464 g/mol. The van der Waals surface area contributed by atoms with E-state index in [1.54, 1.807) is 0 Å². The van der Waals surface area contributed by atoms with Crippen LogP contribution in [-0.4, -0.2) is 53.1 Å². The summed E-state index contributed by atoms with van der Waals surface area (Å²) < 4.78 is 11.7. The summed E-state index contributed by atoms with van der Waals surface area (Å²) >= 11 is 0. The lowest BCUT2D eigenvalue weighted by Gasteiger charge is -2.32. The molecule has 0 saturated carbocycles. The first-order valence-electron chi connectivity index (χ1n) is 12.8. The van der Waals surface area contributed by atoms with E-state index in [4.69, 9.17) is 19.4 Å². The molecule has 4 aromatic rings. The lowest BCUT2D eigenvalue weighted by Crippen LogP contribution is -2.42. The minimum atomic E-state index is 0.104. The molecule has 0 bridgehead atoms. The van der Waals surface area contributed by atoms with E-state index >= 15 is 0 Å². The van der Waals surface area contributed by atoms with Gasteiger partial charge in [-0.05, 0) is 62.6 Å². The van der Waals surface area contributed by atoms with Gasteiger partial charge in [-0.25, -0.2) is 9.97 Å². The Morgan fingerprint density at radius 3 is 2.59 bits per heavy atom. The number of carbonyl (C=O) groups excluding carboxylic acids is 1. The van der Waals surface area contributed by atoms with E-state index < -0.39 is 0 Å². The maximum Gasteiger partial charge on any atom is 0.253 e. The van der Waals surface area contributed by atoms with Crippen molar-refractivity contribution in [2.75, 3.05) is 31.6 Å². The molecule has 2 aliphatic rings. The highest BCUT2D eigenvalue weighted by Gasteiger charge is 2.24. The number of nitrogens with one attached hydrogen (secondary N) is 1. The monoisotopic (exact) mass is 494 g/mol. The van der Waals surface area contributed by atoms with E-state index in [0.29, 0.717) is 32.3 Å². The van der Waals surface area contributed by atoms with Crippen LogP contribution in [0.1, 0.15) is 34.5 Å². The molecule has 1 saturated heterocycles. The number of hydrogen-bond donors (Lipinski definition) is 1. The van der Waals surface area contributed by atoms with Gasteiger partial charge in [0.25, 0.3) is 5.91 Å². The number of nitrogens with zero attached hydrogens (tertiary/aromatic N) is 3. The van der Waals surface area contributed by atoms with Gasteiger partial charge in [0.15, 0.2) is 11.5 Å². The molecule has 2 aliphatic heterocycles. The van der Waals surface area contributed by atoms with Gasteiger partial charge in [0.2, 0.25) is 5.95 Å². The second-order valence-electron chi connectivity index (χ2n) is 9.77. The molecule has 7 heteroatoms. The topological polar surface area (TPSA) is 76.6 Å². The average Bonchev–Trinajstić information content (AvgIpc) is 2.93. The summed E-state index contributed by atoms with van der Waals surface area (Å²) in [6, 6.07) is 20.2. The molecule has 1 aromatic heterocycles. The van der Waals surface area contributed by atoms with Gasteiger partial charge in [-0.3, -0.25) is 4.79 Å². The Hall–Kier alpha value is -4.13. The molecule has 7 nitrogen and oxygen atoms in total. The number of para-hydroxylation sites is 1. The maximum atomic E-state index is 12.9. The van der Waals surface area contributed by atoms with Crippen LogP contribution in [0.25, 0.3) is 22.0 Å². The molecule has 0 atom stereocenters. The average molecular weight is 495 g/mol. The third-order valence-electron chi connectivity index (χ3n) is 7.14. The summed E-state index contributed by atoms with van der Waals surface area (Å²) in [6.07, 6.45) is 1.72. The van der Waals surface area contributed by atoms with E-state index in [1.807, 2.05) is 61.2 Å². The largest absolute Gasteiger partial charge is 0.486 e. The molecule has 6 rings (SSSR count). The molecule has 188 valence electrons. The van der Waals surface area contributed by atoms with Crippen molar-refractivity contribution < 1.29 is 14.3 Å². The molecule has 3 heterocycles. The lowest BCUT2D eigenvalue weighted by molar-refractivity contribution is 0.0718. The molecule has 0 aliphatic carbocycles. The SMILES string of the molecule is Cc1cccc(C(=O)N2CCC(Nc3nc(C)c4cc(-c5cccc6c5OCCO6)ccc4n3)CC2)c1. The van der Waals surface area contributed by atoms with Crippen molar-refractivity contribution in [2.24, 2.45) is 0 Å². The number of rotatable bonds is 4. The van der Waals surface area contributed by atoms with Gasteiger partial charge in [0.1, 0.15) is 13.2 Å². The van der Waals surface area contributed by atoms with Crippen LogP contribution in [0.2, 0.25) is 0 Å². The molecule has 37 heavy (non-hydrogen) atoms. The van der Waals surface area contributed by atoms with Gasteiger partial charge in [-0.2, -0.15) is 0 Å². The number of aryl methyl sites for hydroxylation is 2. The third kappa shape index (κ3) is 4.69. The maximum absolute atomic E-state index is 12.9. The van der Waals surface area contributed by atoms with E-state index in [1.165, 1.54) is 0 Å². The van der Waals surface area contributed by atoms with Crippen LogP contribution in [0, 0.1) is 13.8 Å². The Labute approximate surface area is 216 Å². The number of anilines is 1. The first-order chi connectivity index (χ1) is 18.0. The molecule has 0 spiro atoms. The Balaban J connectivity index is 1.16. The number of amides is 1. The number of aromatic nitrogens is 2. The van der Waals surface area contributed by atoms with Crippen LogP contribution in [0.5, 0.6) is 11.5 Å². The zero-order valence-corrected chi connectivity index (χ0v) is 21.2. The van der Waals surface area contributed by atoms with Crippen molar-refractivity contribution >= 4 is 22.8 Å². The molecule has 0 radical (unpaired) electrons. The minimum Gasteiger partial charge on any atom is -0.486 e. The van der Waals surface area contributed by atoms with Crippen molar-refractivity contribution in [1.29, 1.82) is 0 Å². The number of likely N-dealkylation sites (tertiary alicyclic amines) is 1. The third-order valence-corrected chi connectivity index (χ3v) is 7.14. The van der Waals surface area contributed by atoms with E-state index in [0.717, 1.165) is 63.2 Å².